The number of hydrogen-bond donors (Lipinski definition) is 1. The number of carboxylic acid groups (broad SMARTS) is 1. The molecule has 0 heterocycles. The van der Waals surface area contributed by atoms with Crippen molar-refractivity contribution in [2.75, 3.05) is 0 Å². The van der Waals surface area contributed by atoms with E-state index in [1.54, 1.807) is 6.92 Å². The molecular weight excluding hydrogens is 343 g/mol. The Morgan fingerprint density at radius 1 is 1.22 bits per heavy atom. The summed E-state index contributed by atoms with van der Waals surface area (Å²) in [7, 11) is 0. The van der Waals surface area contributed by atoms with Crippen LogP contribution < -0.4 is 0 Å². The number of alkyl halides is 1. The molecule has 0 spiro atoms. The van der Waals surface area contributed by atoms with Crippen molar-refractivity contribution in [3.8, 4) is 0 Å². The number of hydrogen-bond acceptors (Lipinski definition) is 2. The summed E-state index contributed by atoms with van der Waals surface area (Å²) in [6, 6.07) is 6.19. The minimum absolute atomic E-state index is 0.0317. The van der Waals surface area contributed by atoms with Crippen LogP contribution in [0.25, 0.3) is 0 Å². The van der Waals surface area contributed by atoms with Gasteiger partial charge in [-0.1, -0.05) is 37.3 Å². The van der Waals surface area contributed by atoms with E-state index in [0.29, 0.717) is 25.7 Å². The van der Waals surface area contributed by atoms with Gasteiger partial charge in [0.25, 0.3) is 0 Å². The first kappa shape index (κ1) is 21.3. The summed E-state index contributed by atoms with van der Waals surface area (Å²) in [6.07, 6.45) is 6.21. The molecule has 2 rings (SSSR count). The average molecular weight is 374 g/mol. The van der Waals surface area contributed by atoms with E-state index in [1.165, 1.54) is 16.7 Å². The highest BCUT2D eigenvalue weighted by Crippen LogP contribution is 2.41. The summed E-state index contributed by atoms with van der Waals surface area (Å²) in [5.74, 6) is -1.80. The first-order valence-electron chi connectivity index (χ1n) is 9.92. The second kappa shape index (κ2) is 9.82. The zero-order chi connectivity index (χ0) is 20.0. The molecule has 1 fully saturated rings. The van der Waals surface area contributed by atoms with E-state index in [2.05, 4.69) is 26.0 Å². The number of allylic oxidation sites excluding steroid dienone is 2. The smallest absolute Gasteiger partial charge is 0.303 e. The normalized spacial score (nSPS) is 25.4. The number of Topliss-reactive ketones (excluding diaryl/α,β-unsaturated/α-hetero) is 1. The molecule has 27 heavy (non-hydrogen) atoms. The Balaban J connectivity index is 1.98. The number of aliphatic carboxylic acids is 1. The highest BCUT2D eigenvalue weighted by molar-refractivity contribution is 5.86. The maximum atomic E-state index is 14.8. The molecule has 1 aliphatic carbocycles. The fourth-order valence-electron chi connectivity index (χ4n) is 4.24. The Labute approximate surface area is 161 Å². The molecule has 0 aromatic heterocycles. The van der Waals surface area contributed by atoms with Gasteiger partial charge in [-0.15, -0.1) is 0 Å². The monoisotopic (exact) mass is 374 g/mol. The van der Waals surface area contributed by atoms with E-state index < -0.39 is 18.1 Å². The molecule has 0 bridgehead atoms. The van der Waals surface area contributed by atoms with E-state index in [0.717, 1.165) is 6.42 Å². The van der Waals surface area contributed by atoms with Crippen LogP contribution in [-0.2, 0) is 16.0 Å². The SMILES string of the molecule is Cc1cccc(C)c1CC[C@H]1C(F)C(C)C(=O)[C@@H]1C/C=C\CCCC(=O)O. The van der Waals surface area contributed by atoms with Crippen molar-refractivity contribution in [2.24, 2.45) is 17.8 Å². The van der Waals surface area contributed by atoms with Crippen molar-refractivity contribution < 1.29 is 19.1 Å². The highest BCUT2D eigenvalue weighted by atomic mass is 19.1. The van der Waals surface area contributed by atoms with Gasteiger partial charge in [-0.2, -0.15) is 0 Å². The molecule has 0 radical (unpaired) electrons. The quantitative estimate of drug-likeness (QED) is 0.476. The number of aryl methyl sites for hydroxylation is 2. The number of rotatable bonds is 9. The summed E-state index contributed by atoms with van der Waals surface area (Å²) >= 11 is 0. The predicted octanol–water partition coefficient (Wildman–Crippen LogP) is 5.23. The number of carboxylic acids is 1. The predicted molar refractivity (Wildman–Crippen MR) is 106 cm³/mol. The molecule has 0 aliphatic heterocycles. The number of benzene rings is 1. The Morgan fingerprint density at radius 2 is 1.89 bits per heavy atom. The lowest BCUT2D eigenvalue weighted by atomic mass is 9.85. The summed E-state index contributed by atoms with van der Waals surface area (Å²) in [5.41, 5.74) is 3.70. The minimum Gasteiger partial charge on any atom is -0.481 e. The molecule has 0 amide bonds. The summed E-state index contributed by atoms with van der Waals surface area (Å²) in [4.78, 5) is 23.1. The van der Waals surface area contributed by atoms with Gasteiger partial charge in [0, 0.05) is 24.2 Å². The van der Waals surface area contributed by atoms with Crippen LogP contribution in [0.1, 0.15) is 55.7 Å². The van der Waals surface area contributed by atoms with Crippen LogP contribution in [0.15, 0.2) is 30.4 Å². The van der Waals surface area contributed by atoms with E-state index >= 15 is 0 Å². The highest BCUT2D eigenvalue weighted by Gasteiger charge is 2.47. The molecule has 0 saturated heterocycles. The number of carbonyl (C=O) groups is 2. The van der Waals surface area contributed by atoms with Crippen LogP contribution in [0.3, 0.4) is 0 Å². The van der Waals surface area contributed by atoms with Crippen LogP contribution in [0.5, 0.6) is 0 Å². The average Bonchev–Trinajstić information content (AvgIpc) is 2.81. The van der Waals surface area contributed by atoms with Crippen LogP contribution >= 0.6 is 0 Å². The molecular formula is C23H31FO3. The van der Waals surface area contributed by atoms with Gasteiger partial charge in [0.05, 0.1) is 0 Å². The van der Waals surface area contributed by atoms with Gasteiger partial charge in [0.15, 0.2) is 0 Å². The number of carbonyl (C=O) groups excluding carboxylic acids is 1. The van der Waals surface area contributed by atoms with Crippen LogP contribution in [-0.4, -0.2) is 23.0 Å². The molecule has 4 heteroatoms. The molecule has 1 aromatic carbocycles. The number of ketones is 1. The molecule has 2 unspecified atom stereocenters. The van der Waals surface area contributed by atoms with E-state index in [9.17, 15) is 14.0 Å². The molecule has 1 saturated carbocycles. The Kier molecular flexibility index (Phi) is 7.76. The molecule has 1 aromatic rings. The molecule has 4 atom stereocenters. The van der Waals surface area contributed by atoms with Crippen molar-refractivity contribution in [2.45, 2.75) is 65.5 Å². The van der Waals surface area contributed by atoms with Crippen LogP contribution in [0.4, 0.5) is 4.39 Å². The second-order valence-electron chi connectivity index (χ2n) is 7.81. The lowest BCUT2D eigenvalue weighted by Gasteiger charge is -2.20. The van der Waals surface area contributed by atoms with Crippen LogP contribution in [0.2, 0.25) is 0 Å². The number of unbranched alkanes of at least 4 members (excludes halogenated alkanes) is 1. The Bertz CT molecular complexity index is 675. The third-order valence-electron chi connectivity index (χ3n) is 5.91. The Morgan fingerprint density at radius 3 is 2.52 bits per heavy atom. The summed E-state index contributed by atoms with van der Waals surface area (Å²) in [6.45, 7) is 5.86. The fraction of sp³-hybridized carbons (Fsp3) is 0.565. The zero-order valence-electron chi connectivity index (χ0n) is 16.6. The van der Waals surface area contributed by atoms with Crippen molar-refractivity contribution in [3.05, 3.63) is 47.0 Å². The van der Waals surface area contributed by atoms with Gasteiger partial charge in [-0.3, -0.25) is 9.59 Å². The first-order valence-corrected chi connectivity index (χ1v) is 9.92. The zero-order valence-corrected chi connectivity index (χ0v) is 16.6. The summed E-state index contributed by atoms with van der Waals surface area (Å²) in [5, 5.41) is 8.65. The topological polar surface area (TPSA) is 54.4 Å². The standard InChI is InChI=1S/C23H31FO3/c1-15-9-8-10-16(2)18(15)13-14-19-20(23(27)17(3)22(19)24)11-6-4-5-7-12-21(25)26/h4,6,8-10,17,19-20,22H,5,7,11-14H2,1-3H3,(H,25,26)/b6-4-/t17?,19-,20-,22?/m1/s1. The maximum absolute atomic E-state index is 14.8. The molecule has 3 nitrogen and oxygen atoms in total. The van der Waals surface area contributed by atoms with E-state index in [4.69, 9.17) is 5.11 Å². The first-order chi connectivity index (χ1) is 12.8. The van der Waals surface area contributed by atoms with Gasteiger partial charge in [0.2, 0.25) is 0 Å². The molecule has 1 aliphatic rings. The minimum atomic E-state index is -1.08. The summed E-state index contributed by atoms with van der Waals surface area (Å²) < 4.78 is 14.8. The lowest BCUT2D eigenvalue weighted by molar-refractivity contribution is -0.137. The number of halogens is 1. The van der Waals surface area contributed by atoms with Gasteiger partial charge in [-0.25, -0.2) is 4.39 Å². The largest absolute Gasteiger partial charge is 0.481 e. The third-order valence-corrected chi connectivity index (χ3v) is 5.91. The van der Waals surface area contributed by atoms with Gasteiger partial charge in [0.1, 0.15) is 12.0 Å². The van der Waals surface area contributed by atoms with Crippen molar-refractivity contribution in [1.29, 1.82) is 0 Å². The van der Waals surface area contributed by atoms with Crippen molar-refractivity contribution >= 4 is 11.8 Å². The van der Waals surface area contributed by atoms with Gasteiger partial charge >= 0.3 is 5.97 Å². The van der Waals surface area contributed by atoms with E-state index in [-0.39, 0.29) is 24.0 Å². The van der Waals surface area contributed by atoms with Gasteiger partial charge < -0.3 is 5.11 Å². The van der Waals surface area contributed by atoms with Crippen LogP contribution in [0, 0.1) is 31.6 Å². The lowest BCUT2D eigenvalue weighted by Crippen LogP contribution is -2.19. The molecule has 148 valence electrons. The fourth-order valence-corrected chi connectivity index (χ4v) is 4.24. The second-order valence-corrected chi connectivity index (χ2v) is 7.81. The molecule has 1 N–H and O–H groups in total. The van der Waals surface area contributed by atoms with Crippen molar-refractivity contribution in [3.63, 3.8) is 0 Å². The van der Waals surface area contributed by atoms with Gasteiger partial charge in [-0.05, 0) is 62.6 Å². The van der Waals surface area contributed by atoms with E-state index in [1.807, 2.05) is 18.2 Å². The maximum Gasteiger partial charge on any atom is 0.303 e. The Hall–Kier alpha value is -1.97. The third kappa shape index (κ3) is 5.50. The van der Waals surface area contributed by atoms with Crippen molar-refractivity contribution in [1.82, 2.24) is 0 Å².